The zero-order valence-electron chi connectivity index (χ0n) is 17.5. The van der Waals surface area contributed by atoms with Gasteiger partial charge in [-0.15, -0.1) is 10.2 Å². The van der Waals surface area contributed by atoms with E-state index in [9.17, 15) is 14.7 Å². The van der Waals surface area contributed by atoms with Gasteiger partial charge in [0.1, 0.15) is 12.3 Å². The number of likely N-dealkylation sites (N-methyl/N-ethyl adjacent to an activating group) is 1. The van der Waals surface area contributed by atoms with Crippen LogP contribution in [0.2, 0.25) is 0 Å². The average molecular weight is 487 g/mol. The summed E-state index contributed by atoms with van der Waals surface area (Å²) in [5.74, 6) is -0.285. The summed E-state index contributed by atoms with van der Waals surface area (Å²) in [6.45, 7) is 4.90. The number of benzene rings is 2. The van der Waals surface area contributed by atoms with Crippen molar-refractivity contribution in [3.63, 3.8) is 0 Å². The van der Waals surface area contributed by atoms with Crippen molar-refractivity contribution in [2.24, 2.45) is 10.2 Å². The van der Waals surface area contributed by atoms with Crippen LogP contribution >= 0.6 is 15.9 Å². The fraction of sp³-hybridized carbons (Fsp3) is 0.273. The standard InChI is InChI=1S/C22H23BrN4O4/c1-4-26(5-2)19(28)13-27-18-11-8-15(23)12-17(18)20(22(27)30)24-25-21(29)14-6-9-16(31-3)10-7-14/h6-12,30H,4-5,13H2,1-3H3. The number of fused-ring (bicyclic) bond motifs is 1. The smallest absolute Gasteiger partial charge is 0.295 e. The first-order chi connectivity index (χ1) is 14.9. The van der Waals surface area contributed by atoms with Crippen molar-refractivity contribution in [1.82, 2.24) is 9.47 Å². The number of halogens is 1. The molecule has 9 heteroatoms. The van der Waals surface area contributed by atoms with Gasteiger partial charge in [0.05, 0.1) is 12.6 Å². The average Bonchev–Trinajstić information content (AvgIpc) is 3.03. The van der Waals surface area contributed by atoms with E-state index in [1.807, 2.05) is 19.9 Å². The van der Waals surface area contributed by atoms with Gasteiger partial charge >= 0.3 is 0 Å². The van der Waals surface area contributed by atoms with E-state index in [0.717, 1.165) is 4.47 Å². The molecule has 0 aliphatic rings. The molecule has 0 bridgehead atoms. The van der Waals surface area contributed by atoms with Crippen molar-refractivity contribution >= 4 is 44.3 Å². The number of nitrogens with zero attached hydrogens (tertiary/aromatic N) is 4. The molecule has 1 heterocycles. The van der Waals surface area contributed by atoms with Crippen LogP contribution in [-0.4, -0.2) is 46.6 Å². The Morgan fingerprint density at radius 2 is 1.81 bits per heavy atom. The molecule has 0 atom stereocenters. The summed E-state index contributed by atoms with van der Waals surface area (Å²) in [6, 6.07) is 11.8. The molecule has 0 fully saturated rings. The summed E-state index contributed by atoms with van der Waals surface area (Å²) in [5.41, 5.74) is 1.09. The molecule has 2 aromatic carbocycles. The maximum Gasteiger partial charge on any atom is 0.295 e. The molecule has 2 amide bonds. The van der Waals surface area contributed by atoms with E-state index in [0.29, 0.717) is 35.3 Å². The highest BCUT2D eigenvalue weighted by atomic mass is 79.9. The Balaban J connectivity index is 1.98. The Morgan fingerprint density at radius 1 is 1.13 bits per heavy atom. The predicted octanol–water partition coefficient (Wildman–Crippen LogP) is 4.91. The Kier molecular flexibility index (Phi) is 7.06. The molecule has 1 N–H and O–H groups in total. The number of aromatic nitrogens is 1. The monoisotopic (exact) mass is 486 g/mol. The van der Waals surface area contributed by atoms with E-state index in [2.05, 4.69) is 26.2 Å². The van der Waals surface area contributed by atoms with Crippen molar-refractivity contribution in [1.29, 1.82) is 0 Å². The highest BCUT2D eigenvalue weighted by Gasteiger charge is 2.21. The largest absolute Gasteiger partial charge is 0.497 e. The van der Waals surface area contributed by atoms with Crippen LogP contribution in [0.25, 0.3) is 10.9 Å². The van der Waals surface area contributed by atoms with Crippen LogP contribution in [0, 0.1) is 0 Å². The van der Waals surface area contributed by atoms with Crippen molar-refractivity contribution < 1.29 is 19.4 Å². The fourth-order valence-corrected chi connectivity index (χ4v) is 3.61. The molecular formula is C22H23BrN4O4. The first-order valence-electron chi connectivity index (χ1n) is 9.78. The number of hydrogen-bond acceptors (Lipinski definition) is 5. The fourth-order valence-electron chi connectivity index (χ4n) is 3.25. The van der Waals surface area contributed by atoms with Crippen molar-refractivity contribution in [2.75, 3.05) is 20.2 Å². The molecule has 0 spiro atoms. The minimum atomic E-state index is -0.558. The number of methoxy groups -OCH3 is 1. The third kappa shape index (κ3) is 4.77. The third-order valence-electron chi connectivity index (χ3n) is 4.96. The molecule has 1 aromatic heterocycles. The molecule has 0 saturated carbocycles. The molecule has 0 aliphatic carbocycles. The normalized spacial score (nSPS) is 11.2. The SMILES string of the molecule is CCN(CC)C(=O)Cn1c(O)c(N=NC(=O)c2ccc(OC)cc2)c2cc(Br)ccc21. The lowest BCUT2D eigenvalue weighted by molar-refractivity contribution is -0.131. The minimum Gasteiger partial charge on any atom is -0.497 e. The molecule has 8 nitrogen and oxygen atoms in total. The van der Waals surface area contributed by atoms with E-state index >= 15 is 0 Å². The minimum absolute atomic E-state index is 0.0480. The van der Waals surface area contributed by atoms with Gasteiger partial charge in [0.2, 0.25) is 11.8 Å². The number of ether oxygens (including phenoxy) is 1. The van der Waals surface area contributed by atoms with E-state index in [1.54, 1.807) is 41.3 Å². The zero-order chi connectivity index (χ0) is 22.5. The topological polar surface area (TPSA) is 96.5 Å². The molecule has 0 unspecified atom stereocenters. The summed E-state index contributed by atoms with van der Waals surface area (Å²) in [4.78, 5) is 26.7. The number of carbonyl (C=O) groups is 2. The van der Waals surface area contributed by atoms with Gasteiger partial charge in [0, 0.05) is 28.5 Å². The number of azo groups is 1. The second kappa shape index (κ2) is 9.74. The summed E-state index contributed by atoms with van der Waals surface area (Å²) < 4.78 is 7.33. The highest BCUT2D eigenvalue weighted by Crippen LogP contribution is 2.40. The third-order valence-corrected chi connectivity index (χ3v) is 5.45. The Morgan fingerprint density at radius 3 is 2.42 bits per heavy atom. The number of aromatic hydroxyl groups is 1. The second-order valence-electron chi connectivity index (χ2n) is 6.72. The molecular weight excluding hydrogens is 464 g/mol. The molecule has 3 rings (SSSR count). The Hall–Kier alpha value is -3.20. The van der Waals surface area contributed by atoms with Crippen LogP contribution in [0.15, 0.2) is 57.2 Å². The summed E-state index contributed by atoms with van der Waals surface area (Å²) >= 11 is 3.41. The van der Waals surface area contributed by atoms with Crippen LogP contribution < -0.4 is 4.74 Å². The van der Waals surface area contributed by atoms with Crippen LogP contribution in [0.4, 0.5) is 5.69 Å². The molecule has 0 aliphatic heterocycles. The lowest BCUT2D eigenvalue weighted by Crippen LogP contribution is -2.33. The van der Waals surface area contributed by atoms with Crippen LogP contribution in [0.5, 0.6) is 11.6 Å². The van der Waals surface area contributed by atoms with E-state index in [4.69, 9.17) is 4.74 Å². The van der Waals surface area contributed by atoms with Gasteiger partial charge in [0.25, 0.3) is 5.91 Å². The highest BCUT2D eigenvalue weighted by molar-refractivity contribution is 9.10. The van der Waals surface area contributed by atoms with Gasteiger partial charge in [-0.2, -0.15) is 0 Å². The lowest BCUT2D eigenvalue weighted by atomic mass is 10.2. The summed E-state index contributed by atoms with van der Waals surface area (Å²) in [7, 11) is 1.54. The van der Waals surface area contributed by atoms with Crippen LogP contribution in [0.3, 0.4) is 0 Å². The zero-order valence-corrected chi connectivity index (χ0v) is 19.1. The van der Waals surface area contributed by atoms with Gasteiger partial charge in [-0.25, -0.2) is 0 Å². The number of amides is 2. The predicted molar refractivity (Wildman–Crippen MR) is 121 cm³/mol. The molecule has 0 radical (unpaired) electrons. The van der Waals surface area contributed by atoms with Gasteiger partial charge in [-0.1, -0.05) is 15.9 Å². The summed E-state index contributed by atoms with van der Waals surface area (Å²) in [5, 5.41) is 19.2. The first-order valence-corrected chi connectivity index (χ1v) is 10.6. The number of hydrogen-bond donors (Lipinski definition) is 1. The van der Waals surface area contributed by atoms with Crippen molar-refractivity contribution in [2.45, 2.75) is 20.4 Å². The Labute approximate surface area is 188 Å². The van der Waals surface area contributed by atoms with Crippen molar-refractivity contribution in [3.05, 3.63) is 52.5 Å². The van der Waals surface area contributed by atoms with Crippen LogP contribution in [-0.2, 0) is 11.3 Å². The quantitative estimate of drug-likeness (QED) is 0.479. The van der Waals surface area contributed by atoms with Gasteiger partial charge < -0.3 is 19.3 Å². The molecule has 31 heavy (non-hydrogen) atoms. The molecule has 0 saturated heterocycles. The Bertz CT molecular complexity index is 1130. The molecule has 3 aromatic rings. The summed E-state index contributed by atoms with van der Waals surface area (Å²) in [6.07, 6.45) is 0. The van der Waals surface area contributed by atoms with Gasteiger partial charge in [-0.05, 0) is 56.3 Å². The van der Waals surface area contributed by atoms with E-state index in [1.165, 1.54) is 11.7 Å². The first kappa shape index (κ1) is 22.5. The van der Waals surface area contributed by atoms with Crippen molar-refractivity contribution in [3.8, 4) is 11.6 Å². The molecule has 162 valence electrons. The van der Waals surface area contributed by atoms with Gasteiger partial charge in [-0.3, -0.25) is 9.59 Å². The maximum atomic E-state index is 12.6. The van der Waals surface area contributed by atoms with Crippen LogP contribution in [0.1, 0.15) is 24.2 Å². The van der Waals surface area contributed by atoms with E-state index in [-0.39, 0.29) is 24.0 Å². The second-order valence-corrected chi connectivity index (χ2v) is 7.64. The number of rotatable bonds is 7. The lowest BCUT2D eigenvalue weighted by Gasteiger charge is -2.19. The number of carbonyl (C=O) groups excluding carboxylic acids is 2. The van der Waals surface area contributed by atoms with E-state index < -0.39 is 5.91 Å². The maximum absolute atomic E-state index is 12.6. The van der Waals surface area contributed by atoms with Gasteiger partial charge in [0.15, 0.2) is 5.69 Å².